The summed E-state index contributed by atoms with van der Waals surface area (Å²) in [7, 11) is 1.32. The van der Waals surface area contributed by atoms with Crippen LogP contribution in [0.1, 0.15) is 31.0 Å². The van der Waals surface area contributed by atoms with Crippen LogP contribution in [-0.4, -0.2) is 25.7 Å². The van der Waals surface area contributed by atoms with Gasteiger partial charge in [0.05, 0.1) is 25.3 Å². The first kappa shape index (κ1) is 15.9. The number of benzene rings is 1. The van der Waals surface area contributed by atoms with Gasteiger partial charge in [0.1, 0.15) is 5.75 Å². The molecule has 6 nitrogen and oxygen atoms in total. The lowest BCUT2D eigenvalue weighted by molar-refractivity contribution is -0.136. The van der Waals surface area contributed by atoms with Gasteiger partial charge in [-0.05, 0) is 44.0 Å². The van der Waals surface area contributed by atoms with Gasteiger partial charge in [-0.3, -0.25) is 0 Å². The zero-order valence-corrected chi connectivity index (χ0v) is 13.1. The van der Waals surface area contributed by atoms with Gasteiger partial charge in [0.15, 0.2) is 0 Å². The van der Waals surface area contributed by atoms with Crippen molar-refractivity contribution >= 4 is 12.0 Å². The maximum Gasteiger partial charge on any atom is 0.337 e. The van der Waals surface area contributed by atoms with Crippen LogP contribution in [0.15, 0.2) is 29.5 Å². The van der Waals surface area contributed by atoms with Gasteiger partial charge in [-0.15, -0.1) is 0 Å². The maximum atomic E-state index is 12.0. The van der Waals surface area contributed by atoms with Crippen LogP contribution < -0.4 is 15.4 Å². The number of methoxy groups -OCH3 is 1. The normalized spacial score (nSPS) is 17.6. The Morgan fingerprint density at radius 3 is 2.64 bits per heavy atom. The van der Waals surface area contributed by atoms with Gasteiger partial charge in [0.25, 0.3) is 0 Å². The molecule has 1 aliphatic rings. The second kappa shape index (κ2) is 6.51. The highest BCUT2D eigenvalue weighted by atomic mass is 16.5. The predicted octanol–water partition coefficient (Wildman–Crippen LogP) is 2.19. The number of urea groups is 1. The molecular formula is C16H20N2O4. The molecular weight excluding hydrogens is 284 g/mol. The first-order valence-corrected chi connectivity index (χ1v) is 7.07. The molecule has 0 aromatic heterocycles. The Morgan fingerprint density at radius 1 is 1.32 bits per heavy atom. The summed E-state index contributed by atoms with van der Waals surface area (Å²) in [6.45, 7) is 6.10. The van der Waals surface area contributed by atoms with Gasteiger partial charge in [0, 0.05) is 5.70 Å². The average Bonchev–Trinajstić information content (AvgIpc) is 2.48. The Balaban J connectivity index is 2.44. The lowest BCUT2D eigenvalue weighted by atomic mass is 9.94. The van der Waals surface area contributed by atoms with Crippen molar-refractivity contribution in [2.75, 3.05) is 13.7 Å². The van der Waals surface area contributed by atoms with E-state index in [4.69, 9.17) is 9.47 Å². The molecule has 0 saturated carbocycles. The van der Waals surface area contributed by atoms with E-state index in [1.807, 2.05) is 32.0 Å². The second-order valence-electron chi connectivity index (χ2n) is 5.02. The van der Waals surface area contributed by atoms with Gasteiger partial charge < -0.3 is 20.1 Å². The average molecular weight is 304 g/mol. The van der Waals surface area contributed by atoms with Crippen LogP contribution in [0, 0.1) is 6.92 Å². The van der Waals surface area contributed by atoms with Crippen LogP contribution in [0.3, 0.4) is 0 Å². The summed E-state index contributed by atoms with van der Waals surface area (Å²) in [5, 5.41) is 5.35. The van der Waals surface area contributed by atoms with E-state index in [0.717, 1.165) is 16.9 Å². The molecule has 0 radical (unpaired) electrons. The number of aryl methyl sites for hydroxylation is 1. The number of allylic oxidation sites excluding steroid dienone is 1. The summed E-state index contributed by atoms with van der Waals surface area (Å²) in [6, 6.07) is 4.69. The van der Waals surface area contributed by atoms with Crippen molar-refractivity contribution in [2.45, 2.75) is 26.8 Å². The number of ether oxygens (including phenoxy) is 2. The molecule has 1 aromatic carbocycles. The van der Waals surface area contributed by atoms with Crippen molar-refractivity contribution in [3.8, 4) is 5.75 Å². The van der Waals surface area contributed by atoms with Gasteiger partial charge in [-0.1, -0.05) is 6.07 Å². The minimum Gasteiger partial charge on any atom is -0.494 e. The number of hydrogen-bond donors (Lipinski definition) is 2. The first-order valence-electron chi connectivity index (χ1n) is 7.07. The lowest BCUT2D eigenvalue weighted by Gasteiger charge is -2.28. The van der Waals surface area contributed by atoms with Crippen LogP contribution in [0.2, 0.25) is 0 Å². The molecule has 1 heterocycles. The fourth-order valence-electron chi connectivity index (χ4n) is 2.49. The monoisotopic (exact) mass is 304 g/mol. The fraction of sp³-hybridized carbons (Fsp3) is 0.375. The summed E-state index contributed by atoms with van der Waals surface area (Å²) in [4.78, 5) is 23.8. The van der Waals surface area contributed by atoms with E-state index in [-0.39, 0.29) is 6.03 Å². The first-order chi connectivity index (χ1) is 10.5. The van der Waals surface area contributed by atoms with E-state index < -0.39 is 12.0 Å². The van der Waals surface area contributed by atoms with E-state index in [9.17, 15) is 9.59 Å². The van der Waals surface area contributed by atoms with E-state index in [2.05, 4.69) is 10.6 Å². The third-order valence-corrected chi connectivity index (χ3v) is 3.51. The van der Waals surface area contributed by atoms with Crippen molar-refractivity contribution in [1.82, 2.24) is 10.6 Å². The molecule has 1 atom stereocenters. The summed E-state index contributed by atoms with van der Waals surface area (Å²) >= 11 is 0. The van der Waals surface area contributed by atoms with Gasteiger partial charge in [0.2, 0.25) is 0 Å². The number of amides is 2. The van der Waals surface area contributed by atoms with Gasteiger partial charge in [-0.2, -0.15) is 0 Å². The minimum atomic E-state index is -0.546. The van der Waals surface area contributed by atoms with E-state index >= 15 is 0 Å². The lowest BCUT2D eigenvalue weighted by Crippen LogP contribution is -2.45. The van der Waals surface area contributed by atoms with Crippen molar-refractivity contribution < 1.29 is 19.1 Å². The zero-order valence-electron chi connectivity index (χ0n) is 13.1. The number of nitrogens with one attached hydrogen (secondary N) is 2. The molecule has 2 N–H and O–H groups in total. The van der Waals surface area contributed by atoms with E-state index in [1.54, 1.807) is 6.92 Å². The quantitative estimate of drug-likeness (QED) is 0.836. The van der Waals surface area contributed by atoms with Crippen LogP contribution >= 0.6 is 0 Å². The fourth-order valence-corrected chi connectivity index (χ4v) is 2.49. The largest absolute Gasteiger partial charge is 0.494 e. The third kappa shape index (κ3) is 3.05. The van der Waals surface area contributed by atoms with Crippen LogP contribution in [-0.2, 0) is 9.53 Å². The summed E-state index contributed by atoms with van der Waals surface area (Å²) in [5.74, 6) is 0.313. The Bertz CT molecular complexity index is 637. The van der Waals surface area contributed by atoms with Crippen molar-refractivity contribution in [3.63, 3.8) is 0 Å². The van der Waals surface area contributed by atoms with E-state index in [0.29, 0.717) is 17.9 Å². The molecule has 0 fully saturated rings. The number of carbonyl (C=O) groups is 2. The third-order valence-electron chi connectivity index (χ3n) is 3.51. The summed E-state index contributed by atoms with van der Waals surface area (Å²) in [6.07, 6.45) is 0. The molecule has 0 aliphatic carbocycles. The second-order valence-corrected chi connectivity index (χ2v) is 5.02. The molecule has 22 heavy (non-hydrogen) atoms. The van der Waals surface area contributed by atoms with Gasteiger partial charge >= 0.3 is 12.0 Å². The molecule has 6 heteroatoms. The van der Waals surface area contributed by atoms with E-state index in [1.165, 1.54) is 7.11 Å². The molecule has 0 saturated heterocycles. The number of esters is 1. The Hall–Kier alpha value is -2.50. The molecule has 1 aliphatic heterocycles. The Morgan fingerprint density at radius 2 is 2.05 bits per heavy atom. The zero-order chi connectivity index (χ0) is 16.3. The minimum absolute atomic E-state index is 0.346. The highest BCUT2D eigenvalue weighted by Crippen LogP contribution is 2.30. The molecule has 0 spiro atoms. The maximum absolute atomic E-state index is 12.0. The van der Waals surface area contributed by atoms with Crippen molar-refractivity contribution in [2.24, 2.45) is 0 Å². The Labute approximate surface area is 129 Å². The summed E-state index contributed by atoms with van der Waals surface area (Å²) in [5.41, 5.74) is 2.63. The topological polar surface area (TPSA) is 76.7 Å². The molecule has 1 aromatic rings. The standard InChI is InChI=1S/C16H20N2O4/c1-5-22-12-7-6-11(8-9(12)2)14-13(15(19)21-4)10(3)17-16(20)18-14/h6-8,14H,5H2,1-4H3,(H2,17,18,20)/t14-/m0/s1. The Kier molecular flexibility index (Phi) is 4.70. The smallest absolute Gasteiger partial charge is 0.337 e. The van der Waals surface area contributed by atoms with Crippen LogP contribution in [0.25, 0.3) is 0 Å². The number of hydrogen-bond acceptors (Lipinski definition) is 4. The highest BCUT2D eigenvalue weighted by Gasteiger charge is 2.31. The van der Waals surface area contributed by atoms with Gasteiger partial charge in [-0.25, -0.2) is 9.59 Å². The van der Waals surface area contributed by atoms with Crippen molar-refractivity contribution in [1.29, 1.82) is 0 Å². The molecule has 2 rings (SSSR count). The predicted molar refractivity (Wildman–Crippen MR) is 81.5 cm³/mol. The van der Waals surface area contributed by atoms with Crippen molar-refractivity contribution in [3.05, 3.63) is 40.6 Å². The molecule has 118 valence electrons. The van der Waals surface area contributed by atoms with Crippen LogP contribution in [0.4, 0.5) is 4.79 Å². The molecule has 2 amide bonds. The van der Waals surface area contributed by atoms with Crippen LogP contribution in [0.5, 0.6) is 5.75 Å². The highest BCUT2D eigenvalue weighted by molar-refractivity contribution is 5.94. The SMILES string of the molecule is CCOc1ccc([C@@H]2NC(=O)NC(C)=C2C(=O)OC)cc1C. The number of carbonyl (C=O) groups excluding carboxylic acids is 2. The molecule has 0 bridgehead atoms. The number of rotatable bonds is 4. The summed E-state index contributed by atoms with van der Waals surface area (Å²) < 4.78 is 10.3. The molecule has 0 unspecified atom stereocenters.